The van der Waals surface area contributed by atoms with Crippen LogP contribution in [0.15, 0.2) is 71.6 Å². The number of benzene rings is 2. The molecule has 2 rings (SSSR count). The molecule has 0 radical (unpaired) electrons. The summed E-state index contributed by atoms with van der Waals surface area (Å²) < 4.78 is 13.8. The highest BCUT2D eigenvalue weighted by atomic mass is 31.2. The van der Waals surface area contributed by atoms with Crippen LogP contribution in [0.2, 0.25) is 0 Å². The van der Waals surface area contributed by atoms with Crippen molar-refractivity contribution in [1.29, 1.82) is 10.5 Å². The lowest BCUT2D eigenvalue weighted by Crippen LogP contribution is -2.17. The minimum Gasteiger partial charge on any atom is -0.308 e. The van der Waals surface area contributed by atoms with Crippen molar-refractivity contribution < 1.29 is 4.57 Å². The van der Waals surface area contributed by atoms with E-state index in [-0.39, 0.29) is 10.9 Å². The third-order valence-corrected chi connectivity index (χ3v) is 6.18. The maximum Gasteiger partial charge on any atom is 0.181 e. The third-order valence-electron chi connectivity index (χ3n) is 3.15. The molecule has 2 aromatic carbocycles. The summed E-state index contributed by atoms with van der Waals surface area (Å²) in [6.45, 7) is 0. The lowest BCUT2D eigenvalue weighted by Gasteiger charge is -2.19. The summed E-state index contributed by atoms with van der Waals surface area (Å²) in [6.07, 6.45) is 5.50. The minimum atomic E-state index is -3.42. The van der Waals surface area contributed by atoms with E-state index in [1.54, 1.807) is 72.8 Å². The molecule has 104 valence electrons. The van der Waals surface area contributed by atoms with Crippen molar-refractivity contribution >= 4 is 17.8 Å². The summed E-state index contributed by atoms with van der Waals surface area (Å²) in [5, 5.41) is 19.2. The van der Waals surface area contributed by atoms with Crippen molar-refractivity contribution in [1.82, 2.24) is 0 Å². The van der Waals surface area contributed by atoms with E-state index in [2.05, 4.69) is 5.92 Å². The molecular weight excluding hydrogens is 291 g/mol. The minimum absolute atomic E-state index is 0.0603. The lowest BCUT2D eigenvalue weighted by atomic mass is 10.3. The van der Waals surface area contributed by atoms with Gasteiger partial charge in [-0.15, -0.1) is 6.42 Å². The average Bonchev–Trinajstić information content (AvgIpc) is 2.60. The first-order valence-electron chi connectivity index (χ1n) is 6.41. The first kappa shape index (κ1) is 15.3. The van der Waals surface area contributed by atoms with E-state index < -0.39 is 7.14 Å². The van der Waals surface area contributed by atoms with Crippen molar-refractivity contribution in [3.8, 4) is 24.5 Å². The zero-order valence-corrected chi connectivity index (χ0v) is 12.5. The number of hydrogen-bond donors (Lipinski definition) is 0. The van der Waals surface area contributed by atoms with Crippen LogP contribution in [0.4, 0.5) is 0 Å². The molecule has 4 heteroatoms. The third kappa shape index (κ3) is 2.57. The molecule has 0 N–H and O–H groups in total. The fraction of sp³-hybridized carbons (Fsp3) is 0. The highest BCUT2D eigenvalue weighted by molar-refractivity contribution is 7.82. The van der Waals surface area contributed by atoms with Gasteiger partial charge >= 0.3 is 0 Å². The van der Waals surface area contributed by atoms with Crippen molar-refractivity contribution in [3.63, 3.8) is 0 Å². The Balaban J connectivity index is 2.89. The van der Waals surface area contributed by atoms with Crippen molar-refractivity contribution in [3.05, 3.63) is 71.6 Å². The van der Waals surface area contributed by atoms with Gasteiger partial charge in [-0.1, -0.05) is 66.6 Å². The molecule has 22 heavy (non-hydrogen) atoms. The number of hydrogen-bond acceptors (Lipinski definition) is 3. The summed E-state index contributed by atoms with van der Waals surface area (Å²) in [6, 6.07) is 20.9. The molecule has 0 aliphatic carbocycles. The van der Waals surface area contributed by atoms with Crippen LogP contribution in [-0.4, -0.2) is 0 Å². The number of allylic oxidation sites excluding steroid dienone is 2. The maximum atomic E-state index is 13.8. The van der Waals surface area contributed by atoms with Crippen LogP contribution in [0.5, 0.6) is 0 Å². The van der Waals surface area contributed by atoms with Crippen LogP contribution >= 0.6 is 7.14 Å². The van der Waals surface area contributed by atoms with Crippen LogP contribution in [0.25, 0.3) is 0 Å². The van der Waals surface area contributed by atoms with Gasteiger partial charge in [0.05, 0.1) is 5.31 Å². The second-order valence-electron chi connectivity index (χ2n) is 4.37. The Labute approximate surface area is 129 Å². The van der Waals surface area contributed by atoms with Crippen LogP contribution in [-0.2, 0) is 4.57 Å². The van der Waals surface area contributed by atoms with Gasteiger partial charge in [-0.3, -0.25) is 0 Å². The Morgan fingerprint density at radius 1 is 0.864 bits per heavy atom. The average molecular weight is 302 g/mol. The SMILES string of the molecule is C#CC(=C(C#N)C#N)P(=O)(c1ccccc1)c1ccccc1. The highest BCUT2D eigenvalue weighted by Crippen LogP contribution is 2.52. The van der Waals surface area contributed by atoms with Crippen LogP contribution in [0, 0.1) is 35.0 Å². The summed E-state index contributed by atoms with van der Waals surface area (Å²) >= 11 is 0. The van der Waals surface area contributed by atoms with Gasteiger partial charge in [-0.2, -0.15) is 10.5 Å². The van der Waals surface area contributed by atoms with E-state index in [0.29, 0.717) is 10.6 Å². The first-order chi connectivity index (χ1) is 10.7. The van der Waals surface area contributed by atoms with Crippen LogP contribution < -0.4 is 10.6 Å². The molecule has 0 spiro atoms. The monoisotopic (exact) mass is 302 g/mol. The second kappa shape index (κ2) is 6.60. The van der Waals surface area contributed by atoms with Gasteiger partial charge in [0.25, 0.3) is 0 Å². The predicted molar refractivity (Wildman–Crippen MR) is 86.8 cm³/mol. The maximum absolute atomic E-state index is 13.8. The Kier molecular flexibility index (Phi) is 4.60. The summed E-state index contributed by atoms with van der Waals surface area (Å²) in [7, 11) is -3.42. The van der Waals surface area contributed by atoms with Gasteiger partial charge in [-0.25, -0.2) is 0 Å². The Morgan fingerprint density at radius 2 is 1.27 bits per heavy atom. The van der Waals surface area contributed by atoms with Gasteiger partial charge < -0.3 is 4.57 Å². The lowest BCUT2D eigenvalue weighted by molar-refractivity contribution is 0.591. The molecule has 0 heterocycles. The standard InChI is InChI=1S/C18H11N2OP/c1-2-18(15(13-19)14-20)22(21,16-9-5-3-6-10-16)17-11-7-4-8-12-17/h1,3-12H. The number of rotatable bonds is 3. The quantitative estimate of drug-likeness (QED) is 0.497. The van der Waals surface area contributed by atoms with Crippen LogP contribution in [0.1, 0.15) is 0 Å². The molecule has 0 atom stereocenters. The molecule has 0 saturated heterocycles. The first-order valence-corrected chi connectivity index (χ1v) is 8.12. The molecular formula is C18H11N2OP. The normalized spacial score (nSPS) is 9.86. The topological polar surface area (TPSA) is 64.7 Å². The molecule has 0 aliphatic rings. The molecule has 0 aliphatic heterocycles. The molecule has 0 fully saturated rings. The fourth-order valence-corrected chi connectivity index (χ4v) is 4.73. The van der Waals surface area contributed by atoms with Crippen molar-refractivity contribution in [2.45, 2.75) is 0 Å². The summed E-state index contributed by atoms with van der Waals surface area (Å²) in [5.41, 5.74) is -0.293. The van der Waals surface area contributed by atoms with E-state index in [9.17, 15) is 4.57 Å². The van der Waals surface area contributed by atoms with Crippen molar-refractivity contribution in [2.75, 3.05) is 0 Å². The van der Waals surface area contributed by atoms with E-state index >= 15 is 0 Å². The molecule has 2 aromatic rings. The molecule has 0 bridgehead atoms. The Bertz CT molecular complexity index is 819. The Hall–Kier alpha value is -3.05. The van der Waals surface area contributed by atoms with E-state index in [4.69, 9.17) is 16.9 Å². The highest BCUT2D eigenvalue weighted by Gasteiger charge is 2.33. The molecule has 0 unspecified atom stereocenters. The molecule has 0 amide bonds. The largest absolute Gasteiger partial charge is 0.308 e. The number of terminal acetylenes is 1. The van der Waals surface area contributed by atoms with E-state index in [0.717, 1.165) is 0 Å². The van der Waals surface area contributed by atoms with Gasteiger partial charge in [0, 0.05) is 10.6 Å². The van der Waals surface area contributed by atoms with Gasteiger partial charge in [0.1, 0.15) is 17.7 Å². The smallest absolute Gasteiger partial charge is 0.181 e. The molecule has 0 saturated carbocycles. The molecule has 3 nitrogen and oxygen atoms in total. The van der Waals surface area contributed by atoms with Crippen LogP contribution in [0.3, 0.4) is 0 Å². The zero-order valence-electron chi connectivity index (χ0n) is 11.6. The summed E-state index contributed by atoms with van der Waals surface area (Å²) in [4.78, 5) is 0. The van der Waals surface area contributed by atoms with Gasteiger partial charge in [-0.05, 0) is 0 Å². The Morgan fingerprint density at radius 3 is 1.59 bits per heavy atom. The fourth-order valence-electron chi connectivity index (χ4n) is 2.13. The van der Waals surface area contributed by atoms with E-state index in [1.165, 1.54) is 0 Å². The van der Waals surface area contributed by atoms with Gasteiger partial charge in [0.2, 0.25) is 0 Å². The van der Waals surface area contributed by atoms with Gasteiger partial charge in [0.15, 0.2) is 7.14 Å². The number of nitrogens with zero attached hydrogens (tertiary/aromatic N) is 2. The summed E-state index contributed by atoms with van der Waals surface area (Å²) in [5.74, 6) is 2.31. The molecule has 0 aromatic heterocycles. The van der Waals surface area contributed by atoms with Crippen molar-refractivity contribution in [2.24, 2.45) is 0 Å². The second-order valence-corrected chi connectivity index (χ2v) is 7.07. The zero-order chi connectivity index (χ0) is 16.0. The number of nitriles is 2. The predicted octanol–water partition coefficient (Wildman–Crippen LogP) is 2.93. The van der Waals surface area contributed by atoms with E-state index in [1.807, 2.05) is 0 Å².